The summed E-state index contributed by atoms with van der Waals surface area (Å²) in [6.45, 7) is 2.07. The second kappa shape index (κ2) is 6.02. The fourth-order valence-corrected chi connectivity index (χ4v) is 4.10. The number of aromatic nitrogens is 2. The van der Waals surface area contributed by atoms with E-state index in [1.54, 1.807) is 10.7 Å². The Morgan fingerprint density at radius 1 is 1.07 bits per heavy atom. The topological polar surface area (TPSA) is 74.5 Å². The number of amides is 1. The molecule has 1 atom stereocenters. The summed E-state index contributed by atoms with van der Waals surface area (Å²) >= 11 is 0. The van der Waals surface area contributed by atoms with E-state index in [9.17, 15) is 9.59 Å². The summed E-state index contributed by atoms with van der Waals surface area (Å²) < 4.78 is 14.4. The molecule has 5 rings (SSSR count). The van der Waals surface area contributed by atoms with Crippen LogP contribution in [0.5, 0.6) is 11.5 Å². The van der Waals surface area contributed by atoms with Crippen LogP contribution in [0.2, 0.25) is 0 Å². The zero-order chi connectivity index (χ0) is 19.4. The fraction of sp³-hybridized carbons (Fsp3) is 0.238. The summed E-state index contributed by atoms with van der Waals surface area (Å²) in [5.41, 5.74) is 3.66. The van der Waals surface area contributed by atoms with E-state index in [-0.39, 0.29) is 30.6 Å². The van der Waals surface area contributed by atoms with Gasteiger partial charge in [-0.1, -0.05) is 18.2 Å². The Balaban J connectivity index is 1.71. The Kier molecular flexibility index (Phi) is 3.58. The van der Waals surface area contributed by atoms with Gasteiger partial charge in [-0.2, -0.15) is 0 Å². The number of rotatable bonds is 2. The smallest absolute Gasteiger partial charge is 0.275 e. The van der Waals surface area contributed by atoms with Crippen molar-refractivity contribution in [1.29, 1.82) is 0 Å². The van der Waals surface area contributed by atoms with Crippen molar-refractivity contribution in [2.45, 2.75) is 19.3 Å². The summed E-state index contributed by atoms with van der Waals surface area (Å²) in [5.74, 6) is 0.773. The Hall–Kier alpha value is -3.48. The number of nitrogens with zero attached hydrogens (tertiary/aromatic N) is 2. The minimum absolute atomic E-state index is 0.116. The number of hydrogen-bond donors (Lipinski definition) is 1. The van der Waals surface area contributed by atoms with Gasteiger partial charge in [0.05, 0.1) is 5.69 Å². The van der Waals surface area contributed by atoms with Crippen LogP contribution in [0.3, 0.4) is 0 Å². The number of fused-ring (bicyclic) bond motifs is 2. The van der Waals surface area contributed by atoms with Crippen LogP contribution >= 0.6 is 0 Å². The van der Waals surface area contributed by atoms with E-state index in [0.717, 1.165) is 16.9 Å². The van der Waals surface area contributed by atoms with E-state index < -0.39 is 0 Å². The van der Waals surface area contributed by atoms with Crippen LogP contribution in [0.1, 0.15) is 29.2 Å². The Bertz CT molecular complexity index is 1160. The highest BCUT2D eigenvalue weighted by atomic mass is 16.7. The van der Waals surface area contributed by atoms with E-state index in [4.69, 9.17) is 9.47 Å². The lowest BCUT2D eigenvalue weighted by Gasteiger charge is -2.25. The highest BCUT2D eigenvalue weighted by Crippen LogP contribution is 2.44. The molecule has 0 saturated heterocycles. The van der Waals surface area contributed by atoms with Gasteiger partial charge in [0.15, 0.2) is 11.5 Å². The van der Waals surface area contributed by atoms with Gasteiger partial charge in [0.1, 0.15) is 0 Å². The SMILES string of the molecule is Cc1c([C@H]2CC(=O)Nc3cc4c(cc32)OCO4)c(=O)n(-c2ccccc2)n1C. The highest BCUT2D eigenvalue weighted by Gasteiger charge is 2.34. The molecule has 0 bridgehead atoms. The lowest BCUT2D eigenvalue weighted by Crippen LogP contribution is -2.28. The number of hydrogen-bond acceptors (Lipinski definition) is 4. The minimum Gasteiger partial charge on any atom is -0.454 e. The lowest BCUT2D eigenvalue weighted by molar-refractivity contribution is -0.116. The second-order valence-electron chi connectivity index (χ2n) is 7.07. The quantitative estimate of drug-likeness (QED) is 0.745. The molecule has 3 aromatic rings. The molecule has 2 aliphatic heterocycles. The van der Waals surface area contributed by atoms with E-state index in [1.165, 1.54) is 0 Å². The van der Waals surface area contributed by atoms with Gasteiger partial charge in [0, 0.05) is 42.4 Å². The zero-order valence-corrected chi connectivity index (χ0v) is 15.6. The van der Waals surface area contributed by atoms with Crippen LogP contribution in [0.4, 0.5) is 5.69 Å². The molecule has 1 aromatic heterocycles. The maximum Gasteiger partial charge on any atom is 0.275 e. The van der Waals surface area contributed by atoms with Gasteiger partial charge < -0.3 is 14.8 Å². The maximum atomic E-state index is 13.4. The normalized spacial score (nSPS) is 17.4. The number of anilines is 1. The molecule has 0 spiro atoms. The average Bonchev–Trinajstić information content (AvgIpc) is 3.22. The molecule has 7 nitrogen and oxygen atoms in total. The molecule has 0 radical (unpaired) electrons. The van der Waals surface area contributed by atoms with Crippen molar-refractivity contribution in [3.8, 4) is 17.2 Å². The molecule has 0 fully saturated rings. The third-order valence-corrected chi connectivity index (χ3v) is 5.53. The number of carbonyl (C=O) groups excluding carboxylic acids is 1. The van der Waals surface area contributed by atoms with Crippen molar-refractivity contribution < 1.29 is 14.3 Å². The van der Waals surface area contributed by atoms with Gasteiger partial charge in [-0.3, -0.25) is 14.3 Å². The molecule has 2 aliphatic rings. The predicted octanol–water partition coefficient (Wildman–Crippen LogP) is 2.69. The van der Waals surface area contributed by atoms with Crippen molar-refractivity contribution in [2.75, 3.05) is 12.1 Å². The van der Waals surface area contributed by atoms with E-state index in [1.807, 2.05) is 55.1 Å². The largest absolute Gasteiger partial charge is 0.454 e. The average molecular weight is 377 g/mol. The first-order valence-corrected chi connectivity index (χ1v) is 9.12. The van der Waals surface area contributed by atoms with Crippen molar-refractivity contribution in [3.05, 3.63) is 69.6 Å². The van der Waals surface area contributed by atoms with Crippen LogP contribution in [0.15, 0.2) is 47.3 Å². The van der Waals surface area contributed by atoms with Crippen LogP contribution in [0.25, 0.3) is 5.69 Å². The standard InChI is InChI=1S/C21H19N3O4/c1-12-20(21(26)24(23(12)2)13-6-4-3-5-7-13)15-9-19(25)22-16-10-18-17(8-14(15)16)27-11-28-18/h3-8,10,15H,9,11H2,1-2H3,(H,22,25)/t15-/m0/s1. The fourth-order valence-electron chi connectivity index (χ4n) is 4.10. The summed E-state index contributed by atoms with van der Waals surface area (Å²) in [7, 11) is 1.86. The van der Waals surface area contributed by atoms with E-state index >= 15 is 0 Å². The minimum atomic E-state index is -0.345. The summed E-state index contributed by atoms with van der Waals surface area (Å²) in [5, 5.41) is 2.89. The maximum absolute atomic E-state index is 13.4. The summed E-state index contributed by atoms with van der Waals surface area (Å²) in [6, 6.07) is 13.1. The number of nitrogens with one attached hydrogen (secondary N) is 1. The lowest BCUT2D eigenvalue weighted by atomic mass is 9.84. The molecule has 0 saturated carbocycles. The molecule has 3 heterocycles. The van der Waals surface area contributed by atoms with Crippen LogP contribution in [-0.4, -0.2) is 22.1 Å². The monoisotopic (exact) mass is 377 g/mol. The molecule has 0 unspecified atom stereocenters. The molecule has 2 aromatic carbocycles. The van der Waals surface area contributed by atoms with Crippen LogP contribution in [-0.2, 0) is 11.8 Å². The molecule has 1 N–H and O–H groups in total. The number of benzene rings is 2. The first kappa shape index (κ1) is 16.7. The van der Waals surface area contributed by atoms with Crippen molar-refractivity contribution >= 4 is 11.6 Å². The van der Waals surface area contributed by atoms with Crippen molar-refractivity contribution in [1.82, 2.24) is 9.36 Å². The van der Waals surface area contributed by atoms with Crippen LogP contribution in [0, 0.1) is 6.92 Å². The van der Waals surface area contributed by atoms with Gasteiger partial charge in [-0.15, -0.1) is 0 Å². The second-order valence-corrected chi connectivity index (χ2v) is 7.07. The van der Waals surface area contributed by atoms with Gasteiger partial charge in [0.25, 0.3) is 5.56 Å². The first-order valence-electron chi connectivity index (χ1n) is 9.12. The molecule has 1 amide bonds. The molecule has 7 heteroatoms. The van der Waals surface area contributed by atoms with E-state index in [0.29, 0.717) is 22.7 Å². The molecular formula is C21H19N3O4. The van der Waals surface area contributed by atoms with Crippen molar-refractivity contribution in [3.63, 3.8) is 0 Å². The van der Waals surface area contributed by atoms with E-state index in [2.05, 4.69) is 5.32 Å². The Morgan fingerprint density at radius 3 is 2.54 bits per heavy atom. The van der Waals surface area contributed by atoms with Gasteiger partial charge in [0.2, 0.25) is 12.7 Å². The Morgan fingerprint density at radius 2 is 1.79 bits per heavy atom. The Labute approximate surface area is 161 Å². The highest BCUT2D eigenvalue weighted by molar-refractivity contribution is 5.96. The van der Waals surface area contributed by atoms with Gasteiger partial charge in [-0.05, 0) is 30.7 Å². The third kappa shape index (κ3) is 2.36. The molecule has 28 heavy (non-hydrogen) atoms. The van der Waals surface area contributed by atoms with Crippen molar-refractivity contribution in [2.24, 2.45) is 7.05 Å². The number of para-hydroxylation sites is 1. The summed E-state index contributed by atoms with van der Waals surface area (Å²) in [6.07, 6.45) is 0.210. The molecule has 0 aliphatic carbocycles. The zero-order valence-electron chi connectivity index (χ0n) is 15.6. The van der Waals surface area contributed by atoms with Gasteiger partial charge >= 0.3 is 0 Å². The number of carbonyl (C=O) groups is 1. The predicted molar refractivity (Wildman–Crippen MR) is 103 cm³/mol. The molecular weight excluding hydrogens is 358 g/mol. The third-order valence-electron chi connectivity index (χ3n) is 5.53. The summed E-state index contributed by atoms with van der Waals surface area (Å²) in [4.78, 5) is 25.8. The first-order chi connectivity index (χ1) is 13.5. The molecule has 142 valence electrons. The number of ether oxygens (including phenoxy) is 2. The van der Waals surface area contributed by atoms with Gasteiger partial charge in [-0.25, -0.2) is 4.68 Å². The van der Waals surface area contributed by atoms with Crippen LogP contribution < -0.4 is 20.3 Å².